The van der Waals surface area contributed by atoms with Crippen molar-refractivity contribution in [2.24, 2.45) is 20.5 Å². The number of carbonyl (C=O) groups is 1. The van der Waals surface area contributed by atoms with Gasteiger partial charge < -0.3 is 39.7 Å². The van der Waals surface area contributed by atoms with Crippen LogP contribution in [0, 0.1) is 0 Å². The third kappa shape index (κ3) is 20.8. The third-order valence-corrected chi connectivity index (χ3v) is 12.0. The molecule has 0 spiro atoms. The van der Waals surface area contributed by atoms with Crippen molar-refractivity contribution in [3.63, 3.8) is 0 Å². The monoisotopic (exact) mass is 1020 g/mol. The van der Waals surface area contributed by atoms with Crippen LogP contribution in [0.4, 0.5) is 22.7 Å². The number of phenols is 2. The molecule has 0 amide bonds. The number of rotatable bonds is 21. The summed E-state index contributed by atoms with van der Waals surface area (Å²) in [5.74, 6) is -6.71. The summed E-state index contributed by atoms with van der Waals surface area (Å²) in [5, 5.41) is 72.0. The quantitative estimate of drug-likeness (QED) is 0.0190. The Morgan fingerprint density at radius 2 is 0.918 bits per heavy atom. The second-order valence-corrected chi connectivity index (χ2v) is 17.5. The predicted octanol–water partition coefficient (Wildman–Crippen LogP) is -15.1. The fourth-order valence-electron chi connectivity index (χ4n) is 3.79. The number of hydrogen-bond donors (Lipinski definition) is 2. The van der Waals surface area contributed by atoms with E-state index < -0.39 is 130 Å². The van der Waals surface area contributed by atoms with E-state index in [1.54, 1.807) is 0 Å². The van der Waals surface area contributed by atoms with Crippen molar-refractivity contribution in [1.82, 2.24) is 0 Å². The van der Waals surface area contributed by atoms with Gasteiger partial charge in [-0.05, 0) is 36.4 Å². The van der Waals surface area contributed by atoms with Gasteiger partial charge in [0.15, 0.2) is 55.8 Å². The zero-order chi connectivity index (χ0) is 41.2. The summed E-state index contributed by atoms with van der Waals surface area (Å²) in [7, 11) is -19.8. The minimum atomic E-state index is -5.53. The summed E-state index contributed by atoms with van der Waals surface area (Å²) in [6.45, 7) is -1.24. The van der Waals surface area contributed by atoms with Gasteiger partial charge in [0.2, 0.25) is 0 Å². The Hall–Kier alpha value is 1.03. The molecule has 0 bridgehead atoms. The SMILES string of the molecule is C.O=C([O-])c1c(O)c(N=Nc2ccc(S(=O)(=O)CCOSOO[O-])cc2S(=O)(=O)[O-])cc(N=Nc2ccc(S(=O)(=O)CCOSOO[O-])cc2S(=O)(=O)[O-])c1O.[Na+].[Na+].[Na+].[Na+].[Na+]. The third-order valence-electron chi connectivity index (χ3n) is 6.16. The van der Waals surface area contributed by atoms with Crippen molar-refractivity contribution in [2.75, 3.05) is 24.7 Å². The Morgan fingerprint density at radius 3 is 1.21 bits per heavy atom. The van der Waals surface area contributed by atoms with Crippen molar-refractivity contribution >= 4 is 93.3 Å². The summed E-state index contributed by atoms with van der Waals surface area (Å²) >= 11 is -0.0347. The summed E-state index contributed by atoms with van der Waals surface area (Å²) < 4.78 is 139. The van der Waals surface area contributed by atoms with Crippen LogP contribution in [0.15, 0.2) is 82.5 Å². The van der Waals surface area contributed by atoms with Crippen LogP contribution in [-0.2, 0) is 67.0 Å². The molecular weight excluding hydrogens is 1000 g/mol. The van der Waals surface area contributed by atoms with Gasteiger partial charge in [-0.25, -0.2) is 33.7 Å². The van der Waals surface area contributed by atoms with E-state index in [2.05, 4.69) is 47.6 Å². The normalized spacial score (nSPS) is 11.6. The second kappa shape index (κ2) is 31.1. The van der Waals surface area contributed by atoms with Crippen LogP contribution in [0.25, 0.3) is 0 Å². The number of carboxylic acids is 1. The average molecular weight is 1020 g/mol. The Kier molecular flexibility index (Phi) is 35.0. The van der Waals surface area contributed by atoms with E-state index >= 15 is 0 Å². The van der Waals surface area contributed by atoms with Crippen LogP contribution >= 0.6 is 24.6 Å². The molecular formula is C24H21N4Na5O22S6. The van der Waals surface area contributed by atoms with Crippen LogP contribution in [0.5, 0.6) is 11.5 Å². The molecule has 3 rings (SSSR count). The zero-order valence-corrected chi connectivity index (χ0v) is 46.1. The fraction of sp³-hybridized carbons (Fsp3) is 0.208. The number of carboxylic acid groups (broad SMARTS) is 1. The van der Waals surface area contributed by atoms with E-state index in [1.165, 1.54) is 0 Å². The first-order chi connectivity index (χ1) is 25.6. The van der Waals surface area contributed by atoms with Gasteiger partial charge >= 0.3 is 148 Å². The van der Waals surface area contributed by atoms with E-state index in [-0.39, 0.29) is 180 Å². The molecule has 0 radical (unpaired) electrons. The molecule has 0 aliphatic carbocycles. The van der Waals surface area contributed by atoms with Crippen molar-refractivity contribution < 1.29 is 248 Å². The second-order valence-electron chi connectivity index (χ2n) is 9.53. The number of azo groups is 2. The standard InChI is InChI=1S/C23H22N4O22S6.CH4.5Na/c28-21-16(26-24-14-3-1-12(9-18(14)54(38,39)40)52(34,35)7-5-44-50-48-46-32)11-17(22(29)20(21)23(30)31)27-25-15-4-2-13(10-19(15)55(41,42)43)53(36,37)8-6-45-51-49-47-33;;;;;;/h1-4,9-11,28-29,32-33H,5-8H2,(H,30,31)(H,38,39,40)(H,41,42,43);1H4;;;;;/q;;5*+1/p-5. The Balaban J connectivity index is -0.00000271. The molecule has 61 heavy (non-hydrogen) atoms. The van der Waals surface area contributed by atoms with Gasteiger partial charge in [-0.3, -0.25) is 18.4 Å². The fourth-order valence-corrected chi connectivity index (χ4v) is 8.07. The van der Waals surface area contributed by atoms with Gasteiger partial charge in [-0.15, -0.1) is 29.1 Å². The van der Waals surface area contributed by atoms with Crippen molar-refractivity contribution in [3.8, 4) is 11.5 Å². The van der Waals surface area contributed by atoms with Crippen LogP contribution in [-0.4, -0.2) is 83.7 Å². The Labute approximate surface area is 466 Å². The maximum absolute atomic E-state index is 12.6. The molecule has 0 fully saturated rings. The van der Waals surface area contributed by atoms with E-state index in [0.29, 0.717) is 30.3 Å². The molecule has 0 atom stereocenters. The summed E-state index contributed by atoms with van der Waals surface area (Å²) in [6.07, 6.45) is 0. The van der Waals surface area contributed by atoms with E-state index in [0.717, 1.165) is 12.1 Å². The molecule has 0 heterocycles. The van der Waals surface area contributed by atoms with E-state index in [9.17, 15) is 73.4 Å². The topological polar surface area (TPSA) is 414 Å². The molecule has 3 aromatic carbocycles. The van der Waals surface area contributed by atoms with Crippen LogP contribution in [0.3, 0.4) is 0 Å². The molecule has 0 saturated heterocycles. The molecule has 310 valence electrons. The van der Waals surface area contributed by atoms with Gasteiger partial charge in [0.1, 0.15) is 43.0 Å². The van der Waals surface area contributed by atoms with Gasteiger partial charge in [0.05, 0.1) is 55.8 Å². The summed E-state index contributed by atoms with van der Waals surface area (Å²) in [5.41, 5.74) is -5.06. The molecule has 0 saturated carbocycles. The van der Waals surface area contributed by atoms with E-state index in [4.69, 9.17) is 0 Å². The maximum Gasteiger partial charge on any atom is 1.00 e. The molecule has 26 nitrogen and oxygen atoms in total. The van der Waals surface area contributed by atoms with Crippen LogP contribution < -0.4 is 163 Å². The number of nitrogens with zero attached hydrogens (tertiary/aromatic N) is 4. The van der Waals surface area contributed by atoms with Crippen molar-refractivity contribution in [2.45, 2.75) is 27.0 Å². The summed E-state index contributed by atoms with van der Waals surface area (Å²) in [4.78, 5) is 7.75. The Morgan fingerprint density at radius 1 is 0.590 bits per heavy atom. The zero-order valence-electron chi connectivity index (χ0n) is 31.2. The van der Waals surface area contributed by atoms with Gasteiger partial charge in [0, 0.05) is 6.07 Å². The average Bonchev–Trinajstić information content (AvgIpc) is 3.09. The van der Waals surface area contributed by atoms with Crippen LogP contribution in [0.1, 0.15) is 17.8 Å². The molecule has 0 aliphatic rings. The van der Waals surface area contributed by atoms with Crippen molar-refractivity contribution in [1.29, 1.82) is 0 Å². The number of benzene rings is 3. The van der Waals surface area contributed by atoms with E-state index in [1.807, 2.05) is 0 Å². The molecule has 2 N–H and O–H groups in total. The molecule has 0 aromatic heterocycles. The first kappa shape index (κ1) is 68.6. The maximum atomic E-state index is 12.6. The smallest absolute Gasteiger partial charge is 0.744 e. The number of hydrogen-bond acceptors (Lipinski definition) is 28. The minimum absolute atomic E-state index is 0. The van der Waals surface area contributed by atoms with Crippen molar-refractivity contribution in [3.05, 3.63) is 48.0 Å². The number of carbonyl (C=O) groups excluding carboxylic acids is 1. The number of sulfone groups is 2. The molecule has 37 heteroatoms. The summed E-state index contributed by atoms with van der Waals surface area (Å²) in [6, 6.07) is 4.25. The Bertz CT molecular complexity index is 2280. The molecule has 0 unspecified atom stereocenters. The van der Waals surface area contributed by atoms with Gasteiger partial charge in [0.25, 0.3) is 0 Å². The minimum Gasteiger partial charge on any atom is -0.744 e. The predicted molar refractivity (Wildman–Crippen MR) is 174 cm³/mol. The molecule has 0 aliphatic heterocycles. The largest absolute Gasteiger partial charge is 1.00 e. The molecule has 3 aromatic rings. The first-order valence-electron chi connectivity index (χ1n) is 13.4. The number of aromatic carboxylic acids is 1. The first-order valence-corrected chi connectivity index (χ1v) is 20.9. The number of aromatic hydroxyl groups is 2. The van der Waals surface area contributed by atoms with Crippen LogP contribution in [0.2, 0.25) is 0 Å². The van der Waals surface area contributed by atoms with Gasteiger partial charge in [-0.2, -0.15) is 0 Å². The van der Waals surface area contributed by atoms with Gasteiger partial charge in [-0.1, -0.05) is 7.43 Å².